The number of aliphatic hydroxyl groups excluding tert-OH is 1. The molecule has 7 atom stereocenters. The van der Waals surface area contributed by atoms with Gasteiger partial charge >= 0.3 is 0 Å². The Hall–Kier alpha value is -0.300. The monoisotopic (exact) mass is 414 g/mol. The summed E-state index contributed by atoms with van der Waals surface area (Å²) >= 11 is 0. The smallest absolute Gasteiger partial charge is 0.0594 e. The molecule has 1 unspecified atom stereocenters. The molecule has 2 saturated carbocycles. The molecular weight excluding hydrogens is 364 g/mol. The van der Waals surface area contributed by atoms with Crippen molar-refractivity contribution < 1.29 is 5.11 Å². The van der Waals surface area contributed by atoms with Gasteiger partial charge < -0.3 is 5.11 Å². The van der Waals surface area contributed by atoms with E-state index in [1.807, 2.05) is 11.1 Å². The van der Waals surface area contributed by atoms with E-state index in [1.54, 1.807) is 0 Å². The van der Waals surface area contributed by atoms with Crippen molar-refractivity contribution in [3.63, 3.8) is 0 Å². The van der Waals surface area contributed by atoms with Crippen molar-refractivity contribution >= 4 is 0 Å². The minimum atomic E-state index is -0.117. The summed E-state index contributed by atoms with van der Waals surface area (Å²) in [4.78, 5) is 0. The van der Waals surface area contributed by atoms with Crippen molar-refractivity contribution in [3.05, 3.63) is 11.1 Å². The van der Waals surface area contributed by atoms with Crippen LogP contribution in [0.25, 0.3) is 0 Å². The molecule has 0 bridgehead atoms. The fourth-order valence-corrected chi connectivity index (χ4v) is 9.31. The highest BCUT2D eigenvalue weighted by molar-refractivity contribution is 5.35. The Kier molecular flexibility index (Phi) is 6.05. The minimum absolute atomic E-state index is 0.0649. The van der Waals surface area contributed by atoms with Crippen molar-refractivity contribution in [2.45, 2.75) is 125 Å². The number of rotatable bonds is 5. The topological polar surface area (TPSA) is 20.2 Å². The van der Waals surface area contributed by atoms with E-state index >= 15 is 0 Å². The molecule has 0 spiro atoms. The second-order valence-corrected chi connectivity index (χ2v) is 13.4. The van der Waals surface area contributed by atoms with E-state index in [2.05, 4.69) is 48.5 Å². The van der Waals surface area contributed by atoms with Crippen LogP contribution in [0.4, 0.5) is 0 Å². The molecule has 1 nitrogen and oxygen atoms in total. The van der Waals surface area contributed by atoms with Gasteiger partial charge in [-0.1, -0.05) is 78.9 Å². The van der Waals surface area contributed by atoms with Gasteiger partial charge in [0.15, 0.2) is 0 Å². The quantitative estimate of drug-likeness (QED) is 0.450. The molecule has 0 amide bonds. The maximum Gasteiger partial charge on any atom is 0.0594 e. The van der Waals surface area contributed by atoms with Gasteiger partial charge in [0, 0.05) is 0 Å². The van der Waals surface area contributed by atoms with Crippen LogP contribution in [0, 0.1) is 45.8 Å². The zero-order chi connectivity index (χ0) is 21.9. The van der Waals surface area contributed by atoms with Crippen LogP contribution in [0.2, 0.25) is 0 Å². The van der Waals surface area contributed by atoms with Crippen molar-refractivity contribution in [2.24, 2.45) is 45.8 Å². The van der Waals surface area contributed by atoms with Gasteiger partial charge in [0.05, 0.1) is 6.10 Å². The lowest BCUT2D eigenvalue weighted by Gasteiger charge is -2.60. The van der Waals surface area contributed by atoms with E-state index in [0.717, 1.165) is 30.1 Å². The molecule has 0 aromatic heterocycles. The molecule has 2 fully saturated rings. The summed E-state index contributed by atoms with van der Waals surface area (Å²) in [7, 11) is 0. The van der Waals surface area contributed by atoms with E-state index in [9.17, 15) is 5.11 Å². The van der Waals surface area contributed by atoms with Crippen LogP contribution in [-0.4, -0.2) is 11.2 Å². The van der Waals surface area contributed by atoms with Crippen molar-refractivity contribution in [3.8, 4) is 0 Å². The van der Waals surface area contributed by atoms with E-state index in [0.29, 0.717) is 16.7 Å². The number of aliphatic hydroxyl groups is 1. The third-order valence-corrected chi connectivity index (χ3v) is 11.1. The zero-order valence-corrected chi connectivity index (χ0v) is 21.2. The summed E-state index contributed by atoms with van der Waals surface area (Å²) in [5, 5.41) is 10.8. The summed E-state index contributed by atoms with van der Waals surface area (Å²) in [5.41, 5.74) is 4.73. The first-order chi connectivity index (χ1) is 14.0. The molecule has 172 valence electrons. The molecule has 0 aromatic carbocycles. The summed E-state index contributed by atoms with van der Waals surface area (Å²) in [6.45, 7) is 17.3. The molecule has 0 saturated heterocycles. The van der Waals surface area contributed by atoms with E-state index in [1.165, 1.54) is 64.2 Å². The standard InChI is InChI=1S/C29H50O/c1-19(2)9-8-10-20(3)22-12-13-23-21-11-14-25-27(4,5)26(30)16-18-29(25,7)24(21)15-17-28(22,23)6/h19-20,22-23,25-26,30H,8-18H2,1-7H3/t20-,22-,23?,25+,26+,28-,29-/m1/s1. The molecule has 0 radical (unpaired) electrons. The van der Waals surface area contributed by atoms with Crippen LogP contribution < -0.4 is 0 Å². The third kappa shape index (κ3) is 3.45. The summed E-state index contributed by atoms with van der Waals surface area (Å²) in [5.74, 6) is 4.17. The van der Waals surface area contributed by atoms with Crippen LogP contribution >= 0.6 is 0 Å². The second-order valence-electron chi connectivity index (χ2n) is 13.4. The highest BCUT2D eigenvalue weighted by Crippen LogP contribution is 2.68. The van der Waals surface area contributed by atoms with Gasteiger partial charge in [-0.2, -0.15) is 0 Å². The minimum Gasteiger partial charge on any atom is -0.393 e. The van der Waals surface area contributed by atoms with Crippen molar-refractivity contribution in [2.75, 3.05) is 0 Å². The Balaban J connectivity index is 1.57. The van der Waals surface area contributed by atoms with Gasteiger partial charge in [0.25, 0.3) is 0 Å². The molecule has 4 aliphatic rings. The molecular formula is C29H50O. The Morgan fingerprint density at radius 2 is 1.63 bits per heavy atom. The molecule has 0 aliphatic heterocycles. The SMILES string of the molecule is CC(C)CCC[C@@H](C)[C@H]1CCC2C3=C(CC[C@@]21C)[C@@]1(C)CC[C@H](O)C(C)(C)[C@@H]1CC3. The van der Waals surface area contributed by atoms with Crippen LogP contribution in [0.5, 0.6) is 0 Å². The van der Waals surface area contributed by atoms with E-state index < -0.39 is 0 Å². The molecule has 4 aliphatic carbocycles. The van der Waals surface area contributed by atoms with Gasteiger partial charge in [0.1, 0.15) is 0 Å². The number of allylic oxidation sites excluding steroid dienone is 2. The lowest BCUT2D eigenvalue weighted by molar-refractivity contribution is -0.0931. The Morgan fingerprint density at radius 3 is 2.33 bits per heavy atom. The Morgan fingerprint density at radius 1 is 0.900 bits per heavy atom. The predicted octanol–water partition coefficient (Wildman–Crippen LogP) is 8.17. The van der Waals surface area contributed by atoms with Gasteiger partial charge in [-0.3, -0.25) is 0 Å². The molecule has 4 rings (SSSR count). The van der Waals surface area contributed by atoms with Crippen molar-refractivity contribution in [1.29, 1.82) is 0 Å². The van der Waals surface area contributed by atoms with Crippen LogP contribution in [0.1, 0.15) is 119 Å². The van der Waals surface area contributed by atoms with E-state index in [-0.39, 0.29) is 11.5 Å². The summed E-state index contributed by atoms with van der Waals surface area (Å²) in [6, 6.07) is 0. The first-order valence-corrected chi connectivity index (χ1v) is 13.4. The van der Waals surface area contributed by atoms with Crippen LogP contribution in [0.3, 0.4) is 0 Å². The van der Waals surface area contributed by atoms with E-state index in [4.69, 9.17) is 0 Å². The lowest BCUT2D eigenvalue weighted by Crippen LogP contribution is -2.53. The summed E-state index contributed by atoms with van der Waals surface area (Å²) < 4.78 is 0. The molecule has 1 N–H and O–H groups in total. The second kappa shape index (κ2) is 7.93. The van der Waals surface area contributed by atoms with Gasteiger partial charge in [0.2, 0.25) is 0 Å². The fourth-order valence-electron chi connectivity index (χ4n) is 9.31. The number of fused-ring (bicyclic) bond motifs is 4. The van der Waals surface area contributed by atoms with Crippen LogP contribution in [-0.2, 0) is 0 Å². The number of hydrogen-bond acceptors (Lipinski definition) is 1. The predicted molar refractivity (Wildman–Crippen MR) is 128 cm³/mol. The first-order valence-electron chi connectivity index (χ1n) is 13.4. The normalized spacial score (nSPS) is 43.9. The lowest BCUT2D eigenvalue weighted by atomic mass is 9.46. The maximum atomic E-state index is 10.8. The van der Waals surface area contributed by atoms with Gasteiger partial charge in [-0.05, 0) is 97.2 Å². The number of hydrogen-bond donors (Lipinski definition) is 1. The molecule has 1 heteroatoms. The highest BCUT2D eigenvalue weighted by atomic mass is 16.3. The van der Waals surface area contributed by atoms with Gasteiger partial charge in [-0.15, -0.1) is 0 Å². The fraction of sp³-hybridized carbons (Fsp3) is 0.931. The highest BCUT2D eigenvalue weighted by Gasteiger charge is 2.59. The summed E-state index contributed by atoms with van der Waals surface area (Å²) in [6.07, 6.45) is 14.6. The Labute approximate surface area is 187 Å². The van der Waals surface area contributed by atoms with Crippen LogP contribution in [0.15, 0.2) is 11.1 Å². The Bertz CT molecular complexity index is 672. The molecule has 30 heavy (non-hydrogen) atoms. The average Bonchev–Trinajstić information content (AvgIpc) is 3.02. The first kappa shape index (κ1) is 22.9. The average molecular weight is 415 g/mol. The third-order valence-electron chi connectivity index (χ3n) is 11.1. The molecule has 0 heterocycles. The maximum absolute atomic E-state index is 10.8. The molecule has 0 aromatic rings. The van der Waals surface area contributed by atoms with Gasteiger partial charge in [-0.25, -0.2) is 0 Å². The zero-order valence-electron chi connectivity index (χ0n) is 21.2. The van der Waals surface area contributed by atoms with Crippen molar-refractivity contribution in [1.82, 2.24) is 0 Å². The largest absolute Gasteiger partial charge is 0.393 e.